The molecule has 0 spiro atoms. The van der Waals surface area contributed by atoms with E-state index in [-0.39, 0.29) is 0 Å². The largest absolute Gasteiger partial charge is 0.497 e. The van der Waals surface area contributed by atoms with E-state index >= 15 is 0 Å². The summed E-state index contributed by atoms with van der Waals surface area (Å²) >= 11 is 3.43. The van der Waals surface area contributed by atoms with Crippen LogP contribution < -0.4 is 4.74 Å². The predicted molar refractivity (Wildman–Crippen MR) is 59.7 cm³/mol. The number of imidazole rings is 1. The summed E-state index contributed by atoms with van der Waals surface area (Å²) in [5.41, 5.74) is 2.08. The normalized spacial score (nSPS) is 10.8. The number of nitrogens with zero attached hydrogens (tertiary/aromatic N) is 2. The first-order chi connectivity index (χ1) is 6.76. The minimum atomic E-state index is 0.839. The lowest BCUT2D eigenvalue weighted by Gasteiger charge is -2.01. The third kappa shape index (κ3) is 1.39. The molecule has 0 radical (unpaired) electrons. The second-order valence-corrected chi connectivity index (χ2v) is 3.69. The first kappa shape index (κ1) is 9.52. The lowest BCUT2D eigenvalue weighted by Crippen LogP contribution is -1.93. The summed E-state index contributed by atoms with van der Waals surface area (Å²) in [6.45, 7) is 3.00. The second kappa shape index (κ2) is 3.61. The zero-order valence-electron chi connectivity index (χ0n) is 8.12. The van der Waals surface area contributed by atoms with Gasteiger partial charge < -0.3 is 9.30 Å². The number of benzene rings is 1. The molecule has 0 fully saturated rings. The van der Waals surface area contributed by atoms with Crippen molar-refractivity contribution in [2.75, 3.05) is 7.11 Å². The Hall–Kier alpha value is -1.03. The van der Waals surface area contributed by atoms with E-state index < -0.39 is 0 Å². The van der Waals surface area contributed by atoms with Crippen LogP contribution in [0.15, 0.2) is 22.9 Å². The molecule has 0 saturated heterocycles. The highest BCUT2D eigenvalue weighted by Gasteiger charge is 2.07. The number of ether oxygens (including phenoxy) is 1. The van der Waals surface area contributed by atoms with Gasteiger partial charge in [-0.3, -0.25) is 0 Å². The van der Waals surface area contributed by atoms with Gasteiger partial charge in [-0.2, -0.15) is 0 Å². The van der Waals surface area contributed by atoms with E-state index in [1.807, 2.05) is 18.2 Å². The van der Waals surface area contributed by atoms with Crippen molar-refractivity contribution in [3.8, 4) is 5.75 Å². The van der Waals surface area contributed by atoms with Gasteiger partial charge >= 0.3 is 0 Å². The van der Waals surface area contributed by atoms with Crippen LogP contribution in [0.2, 0.25) is 0 Å². The van der Waals surface area contributed by atoms with Crippen LogP contribution in [0, 0.1) is 0 Å². The summed E-state index contributed by atoms with van der Waals surface area (Å²) in [4.78, 5) is 4.39. The van der Waals surface area contributed by atoms with Crippen LogP contribution >= 0.6 is 15.9 Å². The fourth-order valence-electron chi connectivity index (χ4n) is 1.51. The van der Waals surface area contributed by atoms with Crippen molar-refractivity contribution in [2.24, 2.45) is 0 Å². The Morgan fingerprint density at radius 3 is 2.93 bits per heavy atom. The number of halogens is 1. The Bertz CT molecular complexity index is 464. The maximum Gasteiger partial charge on any atom is 0.178 e. The molecular formula is C10H11BrN2O. The number of hydrogen-bond acceptors (Lipinski definition) is 2. The third-order valence-electron chi connectivity index (χ3n) is 2.23. The number of aromatic nitrogens is 2. The van der Waals surface area contributed by atoms with Gasteiger partial charge in [-0.15, -0.1) is 0 Å². The molecule has 74 valence electrons. The number of methoxy groups -OCH3 is 1. The first-order valence-electron chi connectivity index (χ1n) is 4.46. The molecule has 0 saturated carbocycles. The average molecular weight is 255 g/mol. The molecule has 3 nitrogen and oxygen atoms in total. The van der Waals surface area contributed by atoms with Gasteiger partial charge in [0.2, 0.25) is 0 Å². The fraction of sp³-hybridized carbons (Fsp3) is 0.300. The summed E-state index contributed by atoms with van der Waals surface area (Å²) in [5.74, 6) is 0.839. The average Bonchev–Trinajstić information content (AvgIpc) is 2.51. The number of hydrogen-bond donors (Lipinski definition) is 0. The highest BCUT2D eigenvalue weighted by molar-refractivity contribution is 9.10. The Morgan fingerprint density at radius 2 is 2.29 bits per heavy atom. The van der Waals surface area contributed by atoms with E-state index in [1.165, 1.54) is 0 Å². The molecule has 0 N–H and O–H groups in total. The van der Waals surface area contributed by atoms with Crippen molar-refractivity contribution in [3.63, 3.8) is 0 Å². The van der Waals surface area contributed by atoms with Gasteiger partial charge in [0, 0.05) is 12.6 Å². The molecule has 0 unspecified atom stereocenters. The Kier molecular flexibility index (Phi) is 2.46. The molecule has 4 heteroatoms. The Balaban J connectivity index is 2.68. The topological polar surface area (TPSA) is 27.1 Å². The van der Waals surface area contributed by atoms with Crippen molar-refractivity contribution < 1.29 is 4.74 Å². The van der Waals surface area contributed by atoms with Gasteiger partial charge in [-0.1, -0.05) is 0 Å². The maximum atomic E-state index is 5.14. The quantitative estimate of drug-likeness (QED) is 0.825. The molecule has 1 aromatic carbocycles. The molecule has 0 aliphatic carbocycles. The highest BCUT2D eigenvalue weighted by atomic mass is 79.9. The molecule has 0 aliphatic heterocycles. The number of rotatable bonds is 2. The molecule has 0 amide bonds. The van der Waals surface area contributed by atoms with Gasteiger partial charge in [-0.25, -0.2) is 4.98 Å². The molecule has 1 heterocycles. The van der Waals surface area contributed by atoms with E-state index in [4.69, 9.17) is 4.74 Å². The Morgan fingerprint density at radius 1 is 1.50 bits per heavy atom. The summed E-state index contributed by atoms with van der Waals surface area (Å²) in [6.07, 6.45) is 0. The summed E-state index contributed by atoms with van der Waals surface area (Å²) in [7, 11) is 1.66. The van der Waals surface area contributed by atoms with Crippen molar-refractivity contribution in [2.45, 2.75) is 13.5 Å². The van der Waals surface area contributed by atoms with Gasteiger partial charge in [0.25, 0.3) is 0 Å². The van der Waals surface area contributed by atoms with Crippen LogP contribution in [-0.2, 0) is 6.54 Å². The second-order valence-electron chi connectivity index (χ2n) is 2.98. The lowest BCUT2D eigenvalue weighted by atomic mass is 10.3. The van der Waals surface area contributed by atoms with Gasteiger partial charge in [-0.05, 0) is 35.0 Å². The minimum absolute atomic E-state index is 0.839. The van der Waals surface area contributed by atoms with Crippen LogP contribution in [0.5, 0.6) is 5.75 Å². The molecule has 0 bridgehead atoms. The van der Waals surface area contributed by atoms with Crippen LogP contribution in [-0.4, -0.2) is 16.7 Å². The first-order valence-corrected chi connectivity index (χ1v) is 5.25. The molecule has 2 aromatic rings. The SMILES string of the molecule is CCn1c(Br)nc2cc(OC)ccc21. The van der Waals surface area contributed by atoms with Gasteiger partial charge in [0.1, 0.15) is 5.75 Å². The predicted octanol–water partition coefficient (Wildman–Crippen LogP) is 2.83. The molecular weight excluding hydrogens is 244 g/mol. The minimum Gasteiger partial charge on any atom is -0.497 e. The summed E-state index contributed by atoms with van der Waals surface area (Å²) in [6, 6.07) is 5.91. The van der Waals surface area contributed by atoms with Crippen LogP contribution in [0.25, 0.3) is 11.0 Å². The summed E-state index contributed by atoms with van der Waals surface area (Å²) < 4.78 is 8.11. The van der Waals surface area contributed by atoms with Crippen molar-refractivity contribution >= 4 is 27.0 Å². The fourth-order valence-corrected chi connectivity index (χ4v) is 2.14. The maximum absolute atomic E-state index is 5.14. The lowest BCUT2D eigenvalue weighted by molar-refractivity contribution is 0.415. The van der Waals surface area contributed by atoms with E-state index in [0.717, 1.165) is 28.1 Å². The number of aryl methyl sites for hydroxylation is 1. The molecule has 0 aliphatic rings. The molecule has 1 aromatic heterocycles. The van der Waals surface area contributed by atoms with Gasteiger partial charge in [0.05, 0.1) is 18.1 Å². The zero-order chi connectivity index (χ0) is 10.1. The smallest absolute Gasteiger partial charge is 0.178 e. The van der Waals surface area contributed by atoms with Crippen molar-refractivity contribution in [1.82, 2.24) is 9.55 Å². The highest BCUT2D eigenvalue weighted by Crippen LogP contribution is 2.23. The van der Waals surface area contributed by atoms with Crippen LogP contribution in [0.3, 0.4) is 0 Å². The van der Waals surface area contributed by atoms with E-state index in [2.05, 4.69) is 32.4 Å². The van der Waals surface area contributed by atoms with Crippen LogP contribution in [0.4, 0.5) is 0 Å². The summed E-state index contributed by atoms with van der Waals surface area (Å²) in [5, 5.41) is 0. The standard InChI is InChI=1S/C10H11BrN2O/c1-3-13-9-5-4-7(14-2)6-8(9)12-10(13)11/h4-6H,3H2,1-2H3. The van der Waals surface area contributed by atoms with E-state index in [0.29, 0.717) is 0 Å². The van der Waals surface area contributed by atoms with Crippen LogP contribution in [0.1, 0.15) is 6.92 Å². The van der Waals surface area contributed by atoms with Gasteiger partial charge in [0.15, 0.2) is 4.73 Å². The third-order valence-corrected chi connectivity index (χ3v) is 2.83. The van der Waals surface area contributed by atoms with E-state index in [9.17, 15) is 0 Å². The number of fused-ring (bicyclic) bond motifs is 1. The van der Waals surface area contributed by atoms with Crippen molar-refractivity contribution in [3.05, 3.63) is 22.9 Å². The molecule has 2 rings (SSSR count). The monoisotopic (exact) mass is 254 g/mol. The molecule has 14 heavy (non-hydrogen) atoms. The zero-order valence-corrected chi connectivity index (χ0v) is 9.71. The van der Waals surface area contributed by atoms with E-state index in [1.54, 1.807) is 7.11 Å². The Labute approximate surface area is 90.8 Å². The molecule has 0 atom stereocenters. The van der Waals surface area contributed by atoms with Crippen molar-refractivity contribution in [1.29, 1.82) is 0 Å².